The molecular formula is C27H28FN3O. The fraction of sp³-hybridized carbons (Fsp3) is 0.296. The monoisotopic (exact) mass is 429 g/mol. The molecule has 4 aromatic rings. The van der Waals surface area contributed by atoms with Crippen LogP contribution < -0.4 is 0 Å². The summed E-state index contributed by atoms with van der Waals surface area (Å²) in [5.74, 6) is -0.403. The SMILES string of the molecule is Cc1cc2c(cnn2-c2ccc(F)c(CO)c2)cc1C1(Cc2ccccc2)CCN(C)C1. The molecule has 1 unspecified atom stereocenters. The molecule has 1 atom stereocenters. The summed E-state index contributed by atoms with van der Waals surface area (Å²) >= 11 is 0. The Morgan fingerprint density at radius 2 is 1.91 bits per heavy atom. The van der Waals surface area contributed by atoms with Crippen molar-refractivity contribution in [3.8, 4) is 5.69 Å². The Labute approximate surface area is 187 Å². The number of nitrogens with zero attached hydrogens (tertiary/aromatic N) is 3. The molecule has 0 spiro atoms. The summed E-state index contributed by atoms with van der Waals surface area (Å²) in [6, 6.07) is 20.0. The van der Waals surface area contributed by atoms with E-state index < -0.39 is 5.82 Å². The molecule has 0 radical (unpaired) electrons. The number of halogens is 1. The highest BCUT2D eigenvalue weighted by Gasteiger charge is 2.39. The highest BCUT2D eigenvalue weighted by molar-refractivity contribution is 5.82. The van der Waals surface area contributed by atoms with Gasteiger partial charge in [0.25, 0.3) is 0 Å². The van der Waals surface area contributed by atoms with Gasteiger partial charge in [-0.15, -0.1) is 0 Å². The lowest BCUT2D eigenvalue weighted by molar-refractivity contribution is 0.275. The molecule has 5 rings (SSSR count). The van der Waals surface area contributed by atoms with E-state index in [9.17, 15) is 9.50 Å². The molecule has 1 N–H and O–H groups in total. The maximum absolute atomic E-state index is 13.9. The first kappa shape index (κ1) is 20.9. The highest BCUT2D eigenvalue weighted by atomic mass is 19.1. The van der Waals surface area contributed by atoms with Crippen molar-refractivity contribution >= 4 is 10.9 Å². The molecule has 5 heteroatoms. The Morgan fingerprint density at radius 1 is 1.09 bits per heavy atom. The van der Waals surface area contributed by atoms with Gasteiger partial charge in [-0.2, -0.15) is 5.10 Å². The number of hydrogen-bond donors (Lipinski definition) is 1. The zero-order valence-corrected chi connectivity index (χ0v) is 18.6. The molecule has 0 saturated carbocycles. The Morgan fingerprint density at radius 3 is 2.62 bits per heavy atom. The second-order valence-corrected chi connectivity index (χ2v) is 9.15. The smallest absolute Gasteiger partial charge is 0.128 e. The van der Waals surface area contributed by atoms with Crippen molar-refractivity contribution in [3.63, 3.8) is 0 Å². The van der Waals surface area contributed by atoms with E-state index in [1.807, 2.05) is 10.9 Å². The minimum Gasteiger partial charge on any atom is -0.392 e. The Balaban J connectivity index is 1.60. The number of aromatic nitrogens is 2. The molecule has 164 valence electrons. The number of rotatable bonds is 5. The van der Waals surface area contributed by atoms with Crippen molar-refractivity contribution < 1.29 is 9.50 Å². The summed E-state index contributed by atoms with van der Waals surface area (Å²) in [5, 5.41) is 15.1. The summed E-state index contributed by atoms with van der Waals surface area (Å²) < 4.78 is 15.7. The van der Waals surface area contributed by atoms with Crippen LogP contribution in [0, 0.1) is 12.7 Å². The van der Waals surface area contributed by atoms with Crippen molar-refractivity contribution in [2.24, 2.45) is 0 Å². The van der Waals surface area contributed by atoms with Gasteiger partial charge in [0.2, 0.25) is 0 Å². The number of aryl methyl sites for hydroxylation is 1. The van der Waals surface area contributed by atoms with Crippen molar-refractivity contribution in [2.45, 2.75) is 31.8 Å². The van der Waals surface area contributed by atoms with Gasteiger partial charge in [-0.3, -0.25) is 0 Å². The van der Waals surface area contributed by atoms with Crippen LogP contribution in [0.25, 0.3) is 16.6 Å². The van der Waals surface area contributed by atoms with Gasteiger partial charge in [-0.25, -0.2) is 9.07 Å². The van der Waals surface area contributed by atoms with Crippen LogP contribution in [0.4, 0.5) is 4.39 Å². The van der Waals surface area contributed by atoms with Gasteiger partial charge in [0.05, 0.1) is 24.0 Å². The van der Waals surface area contributed by atoms with Crippen molar-refractivity contribution in [1.82, 2.24) is 14.7 Å². The van der Waals surface area contributed by atoms with Crippen LogP contribution in [-0.2, 0) is 18.4 Å². The molecule has 1 saturated heterocycles. The lowest BCUT2D eigenvalue weighted by Crippen LogP contribution is -2.33. The summed E-state index contributed by atoms with van der Waals surface area (Å²) in [7, 11) is 2.20. The molecule has 1 fully saturated rings. The predicted molar refractivity (Wildman–Crippen MR) is 126 cm³/mol. The number of benzene rings is 3. The van der Waals surface area contributed by atoms with E-state index in [1.165, 1.54) is 22.8 Å². The van der Waals surface area contributed by atoms with Crippen LogP contribution in [0.3, 0.4) is 0 Å². The second kappa shape index (κ2) is 8.15. The van der Waals surface area contributed by atoms with Gasteiger partial charge < -0.3 is 10.0 Å². The Kier molecular flexibility index (Phi) is 5.31. The molecule has 0 amide bonds. The summed E-state index contributed by atoms with van der Waals surface area (Å²) in [6.45, 7) is 3.96. The third kappa shape index (κ3) is 3.61. The van der Waals surface area contributed by atoms with E-state index in [4.69, 9.17) is 0 Å². The molecular weight excluding hydrogens is 401 g/mol. The number of likely N-dealkylation sites (tertiary alicyclic amines) is 1. The minimum atomic E-state index is -0.403. The number of aliphatic hydroxyl groups is 1. The van der Waals surface area contributed by atoms with Crippen molar-refractivity contribution in [1.29, 1.82) is 0 Å². The average molecular weight is 430 g/mol. The van der Waals surface area contributed by atoms with Crippen molar-refractivity contribution in [2.75, 3.05) is 20.1 Å². The zero-order chi connectivity index (χ0) is 22.3. The van der Waals surface area contributed by atoms with E-state index in [0.717, 1.165) is 42.5 Å². The fourth-order valence-electron chi connectivity index (χ4n) is 5.30. The topological polar surface area (TPSA) is 41.3 Å². The minimum absolute atomic E-state index is 0.0659. The van der Waals surface area contributed by atoms with E-state index >= 15 is 0 Å². The standard InChI is InChI=1S/C27H28FN3O/c1-19-12-26-21(16-29-31(26)23-8-9-25(28)22(13-23)17-32)14-24(19)27(10-11-30(2)18-27)15-20-6-4-3-5-7-20/h3-9,12-14,16,32H,10-11,15,17-18H2,1-2H3. The normalized spacial score (nSPS) is 19.1. The maximum Gasteiger partial charge on any atom is 0.128 e. The Hall–Kier alpha value is -3.02. The van der Waals surface area contributed by atoms with Gasteiger partial charge in [0.1, 0.15) is 5.82 Å². The number of hydrogen-bond acceptors (Lipinski definition) is 3. The molecule has 0 bridgehead atoms. The summed E-state index contributed by atoms with van der Waals surface area (Å²) in [5.41, 5.74) is 6.07. The Bertz CT molecular complexity index is 1270. The first-order valence-corrected chi connectivity index (χ1v) is 11.1. The molecule has 1 aromatic heterocycles. The summed E-state index contributed by atoms with van der Waals surface area (Å²) in [6.07, 6.45) is 4.02. The van der Waals surface area contributed by atoms with Crippen LogP contribution in [0.2, 0.25) is 0 Å². The molecule has 1 aliphatic rings. The van der Waals surface area contributed by atoms with Crippen molar-refractivity contribution in [3.05, 3.63) is 94.9 Å². The molecule has 1 aliphatic heterocycles. The second-order valence-electron chi connectivity index (χ2n) is 9.15. The average Bonchev–Trinajstić information content (AvgIpc) is 3.38. The molecule has 4 nitrogen and oxygen atoms in total. The predicted octanol–water partition coefficient (Wildman–Crippen LogP) is 4.78. The third-order valence-electron chi connectivity index (χ3n) is 6.86. The van der Waals surface area contributed by atoms with E-state index in [0.29, 0.717) is 0 Å². The molecule has 2 heterocycles. The largest absolute Gasteiger partial charge is 0.392 e. The van der Waals surface area contributed by atoms with Gasteiger partial charge in [0.15, 0.2) is 0 Å². The van der Waals surface area contributed by atoms with Crippen LogP contribution in [0.15, 0.2) is 66.9 Å². The third-order valence-corrected chi connectivity index (χ3v) is 6.86. The van der Waals surface area contributed by atoms with Gasteiger partial charge in [-0.1, -0.05) is 30.3 Å². The van der Waals surface area contributed by atoms with Crippen LogP contribution in [0.5, 0.6) is 0 Å². The molecule has 0 aliphatic carbocycles. The lowest BCUT2D eigenvalue weighted by Gasteiger charge is -2.32. The number of fused-ring (bicyclic) bond motifs is 1. The van der Waals surface area contributed by atoms with Crippen LogP contribution >= 0.6 is 0 Å². The number of likely N-dealkylation sites (N-methyl/N-ethyl adjacent to an activating group) is 1. The fourth-order valence-corrected chi connectivity index (χ4v) is 5.30. The van der Waals surface area contributed by atoms with Gasteiger partial charge >= 0.3 is 0 Å². The highest BCUT2D eigenvalue weighted by Crippen LogP contribution is 2.40. The van der Waals surface area contributed by atoms with E-state index in [-0.39, 0.29) is 17.6 Å². The zero-order valence-electron chi connectivity index (χ0n) is 18.6. The quantitative estimate of drug-likeness (QED) is 0.496. The molecule has 32 heavy (non-hydrogen) atoms. The van der Waals surface area contributed by atoms with Crippen LogP contribution in [-0.4, -0.2) is 39.9 Å². The van der Waals surface area contributed by atoms with E-state index in [1.54, 1.807) is 12.1 Å². The van der Waals surface area contributed by atoms with E-state index in [2.05, 4.69) is 66.4 Å². The first-order chi connectivity index (χ1) is 15.5. The van der Waals surface area contributed by atoms with Crippen LogP contribution in [0.1, 0.15) is 28.7 Å². The first-order valence-electron chi connectivity index (χ1n) is 11.1. The molecule has 3 aromatic carbocycles. The lowest BCUT2D eigenvalue weighted by atomic mass is 9.73. The van der Waals surface area contributed by atoms with Gasteiger partial charge in [-0.05, 0) is 80.4 Å². The number of aliphatic hydroxyl groups excluding tert-OH is 1. The maximum atomic E-state index is 13.9. The summed E-state index contributed by atoms with van der Waals surface area (Å²) in [4.78, 5) is 2.42. The van der Waals surface area contributed by atoms with Gasteiger partial charge in [0, 0.05) is 22.9 Å².